The Bertz CT molecular complexity index is 1180. The van der Waals surface area contributed by atoms with Crippen LogP contribution in [0.15, 0.2) is 79.1 Å². The largest absolute Gasteiger partial charge is 0.350 e. The van der Waals surface area contributed by atoms with E-state index < -0.39 is 0 Å². The number of rotatable bonds is 5. The number of carbonyl (C=O) groups excluding carboxylic acids is 1. The number of hydrogen-bond acceptors (Lipinski definition) is 6. The molecule has 0 aliphatic rings. The fourth-order valence-corrected chi connectivity index (χ4v) is 2.82. The Kier molecular flexibility index (Phi) is 5.08. The zero-order valence-corrected chi connectivity index (χ0v) is 15.4. The Balaban J connectivity index is 1.68. The Morgan fingerprint density at radius 2 is 1.93 bits per heavy atom. The molecule has 4 aromatic rings. The second kappa shape index (κ2) is 8.15. The van der Waals surface area contributed by atoms with Crippen LogP contribution >= 0.6 is 0 Å². The first-order chi connectivity index (χ1) is 14.2. The van der Waals surface area contributed by atoms with Crippen LogP contribution in [0.4, 0.5) is 5.95 Å². The van der Waals surface area contributed by atoms with E-state index in [9.17, 15) is 4.79 Å². The number of anilines is 1. The SMILES string of the molecule is N#Cc1cccc(CNc2nc(-c3cccnc3)nn2C(=O)c2ccccc2)c1. The molecule has 2 heterocycles. The van der Waals surface area contributed by atoms with Gasteiger partial charge in [-0.1, -0.05) is 30.3 Å². The molecule has 4 rings (SSSR count). The Morgan fingerprint density at radius 1 is 1.07 bits per heavy atom. The number of aromatic nitrogens is 4. The number of nitriles is 1. The summed E-state index contributed by atoms with van der Waals surface area (Å²) in [5, 5.41) is 16.6. The fourth-order valence-electron chi connectivity index (χ4n) is 2.82. The van der Waals surface area contributed by atoms with Crippen LogP contribution in [-0.4, -0.2) is 25.7 Å². The molecule has 0 saturated heterocycles. The van der Waals surface area contributed by atoms with E-state index in [-0.39, 0.29) is 5.91 Å². The number of carbonyl (C=O) groups is 1. The van der Waals surface area contributed by atoms with Gasteiger partial charge in [-0.15, -0.1) is 5.10 Å². The van der Waals surface area contributed by atoms with Crippen LogP contribution in [0.2, 0.25) is 0 Å². The van der Waals surface area contributed by atoms with Gasteiger partial charge in [0.05, 0.1) is 11.6 Å². The van der Waals surface area contributed by atoms with Gasteiger partial charge in [-0.25, -0.2) is 0 Å². The molecule has 0 unspecified atom stereocenters. The van der Waals surface area contributed by atoms with Crippen LogP contribution in [0.1, 0.15) is 21.5 Å². The first-order valence-electron chi connectivity index (χ1n) is 8.95. The average molecular weight is 380 g/mol. The molecule has 29 heavy (non-hydrogen) atoms. The van der Waals surface area contributed by atoms with Gasteiger partial charge in [0.15, 0.2) is 5.82 Å². The monoisotopic (exact) mass is 380 g/mol. The number of nitrogens with one attached hydrogen (secondary N) is 1. The summed E-state index contributed by atoms with van der Waals surface area (Å²) in [5.41, 5.74) is 2.68. The smallest absolute Gasteiger partial charge is 0.281 e. The van der Waals surface area contributed by atoms with Crippen LogP contribution in [0.5, 0.6) is 0 Å². The van der Waals surface area contributed by atoms with Crippen LogP contribution in [-0.2, 0) is 6.54 Å². The average Bonchev–Trinajstić information content (AvgIpc) is 3.23. The molecule has 140 valence electrons. The summed E-state index contributed by atoms with van der Waals surface area (Å²) in [4.78, 5) is 21.6. The predicted molar refractivity (Wildman–Crippen MR) is 108 cm³/mol. The van der Waals surface area contributed by atoms with Gasteiger partial charge >= 0.3 is 0 Å². The molecule has 7 heteroatoms. The van der Waals surface area contributed by atoms with Gasteiger partial charge in [-0.05, 0) is 42.0 Å². The van der Waals surface area contributed by atoms with Crippen molar-refractivity contribution >= 4 is 11.9 Å². The number of hydrogen-bond donors (Lipinski definition) is 1. The second-order valence-electron chi connectivity index (χ2n) is 6.25. The molecule has 1 N–H and O–H groups in total. The molecule has 0 bridgehead atoms. The van der Waals surface area contributed by atoms with Gasteiger partial charge < -0.3 is 5.32 Å². The highest BCUT2D eigenvalue weighted by Crippen LogP contribution is 2.19. The van der Waals surface area contributed by atoms with Gasteiger partial charge in [-0.2, -0.15) is 14.9 Å². The van der Waals surface area contributed by atoms with Gasteiger partial charge in [0, 0.05) is 30.1 Å². The summed E-state index contributed by atoms with van der Waals surface area (Å²) >= 11 is 0. The van der Waals surface area contributed by atoms with Crippen molar-refractivity contribution in [3.05, 3.63) is 95.8 Å². The van der Waals surface area contributed by atoms with E-state index in [0.717, 1.165) is 5.56 Å². The van der Waals surface area contributed by atoms with Crippen LogP contribution in [0.3, 0.4) is 0 Å². The van der Waals surface area contributed by atoms with E-state index in [2.05, 4.69) is 26.5 Å². The molecule has 0 aliphatic heterocycles. The van der Waals surface area contributed by atoms with Crippen molar-refractivity contribution in [1.82, 2.24) is 19.7 Å². The van der Waals surface area contributed by atoms with E-state index >= 15 is 0 Å². The highest BCUT2D eigenvalue weighted by molar-refractivity contribution is 5.97. The quantitative estimate of drug-likeness (QED) is 0.569. The van der Waals surface area contributed by atoms with Crippen LogP contribution in [0.25, 0.3) is 11.4 Å². The van der Waals surface area contributed by atoms with Crippen molar-refractivity contribution in [2.45, 2.75) is 6.54 Å². The third-order valence-corrected chi connectivity index (χ3v) is 4.25. The normalized spacial score (nSPS) is 10.3. The highest BCUT2D eigenvalue weighted by atomic mass is 16.2. The summed E-state index contributed by atoms with van der Waals surface area (Å²) in [6.45, 7) is 0.392. The lowest BCUT2D eigenvalue weighted by Crippen LogP contribution is -2.17. The van der Waals surface area contributed by atoms with Gasteiger partial charge in [0.25, 0.3) is 5.91 Å². The maximum Gasteiger partial charge on any atom is 0.281 e. The van der Waals surface area contributed by atoms with Crippen molar-refractivity contribution in [2.24, 2.45) is 0 Å². The molecule has 2 aromatic carbocycles. The van der Waals surface area contributed by atoms with Gasteiger partial charge in [0.1, 0.15) is 0 Å². The lowest BCUT2D eigenvalue weighted by Gasteiger charge is -2.07. The molecule has 0 radical (unpaired) electrons. The van der Waals surface area contributed by atoms with E-state index in [4.69, 9.17) is 5.26 Å². The third-order valence-electron chi connectivity index (χ3n) is 4.25. The maximum atomic E-state index is 13.0. The molecule has 0 spiro atoms. The van der Waals surface area contributed by atoms with Crippen LogP contribution in [0, 0.1) is 11.3 Å². The van der Waals surface area contributed by atoms with E-state index in [1.807, 2.05) is 24.3 Å². The standard InChI is InChI=1S/C22H16N6O/c23-13-16-6-4-7-17(12-16)14-25-22-26-20(19-10-5-11-24-15-19)27-28(22)21(29)18-8-2-1-3-9-18/h1-12,15H,14H2,(H,25,26,27). The molecule has 0 aliphatic carbocycles. The van der Waals surface area contributed by atoms with Gasteiger partial charge in [-0.3, -0.25) is 9.78 Å². The van der Waals surface area contributed by atoms with Crippen molar-refractivity contribution in [2.75, 3.05) is 5.32 Å². The first kappa shape index (κ1) is 18.1. The summed E-state index contributed by atoms with van der Waals surface area (Å²) < 4.78 is 1.26. The van der Waals surface area contributed by atoms with Crippen molar-refractivity contribution < 1.29 is 4.79 Å². The molecule has 2 aromatic heterocycles. The third kappa shape index (κ3) is 4.01. The Hall–Kier alpha value is -4.31. The zero-order valence-electron chi connectivity index (χ0n) is 15.4. The van der Waals surface area contributed by atoms with E-state index in [1.54, 1.807) is 54.9 Å². The number of nitrogens with zero attached hydrogens (tertiary/aromatic N) is 5. The number of benzene rings is 2. The minimum absolute atomic E-state index is 0.290. The molecule has 0 fully saturated rings. The maximum absolute atomic E-state index is 13.0. The highest BCUT2D eigenvalue weighted by Gasteiger charge is 2.18. The molecular weight excluding hydrogens is 364 g/mol. The van der Waals surface area contributed by atoms with Crippen LogP contribution < -0.4 is 5.32 Å². The summed E-state index contributed by atoms with van der Waals surface area (Å²) in [5.74, 6) is 0.428. The van der Waals surface area contributed by atoms with Gasteiger partial charge in [0.2, 0.25) is 5.95 Å². The zero-order chi connectivity index (χ0) is 20.1. The van der Waals surface area contributed by atoms with E-state index in [1.165, 1.54) is 4.68 Å². The number of pyridine rings is 1. The molecule has 0 atom stereocenters. The van der Waals surface area contributed by atoms with Crippen molar-refractivity contribution in [3.63, 3.8) is 0 Å². The first-order valence-corrected chi connectivity index (χ1v) is 8.95. The topological polar surface area (TPSA) is 96.5 Å². The minimum atomic E-state index is -0.290. The second-order valence-corrected chi connectivity index (χ2v) is 6.25. The molecular formula is C22H16N6O. The molecule has 0 amide bonds. The van der Waals surface area contributed by atoms with Crippen molar-refractivity contribution in [3.8, 4) is 17.5 Å². The summed E-state index contributed by atoms with van der Waals surface area (Å²) in [7, 11) is 0. The lowest BCUT2D eigenvalue weighted by molar-refractivity contribution is 0.0947. The lowest BCUT2D eigenvalue weighted by atomic mass is 10.1. The van der Waals surface area contributed by atoms with Crippen molar-refractivity contribution in [1.29, 1.82) is 5.26 Å². The molecule has 7 nitrogen and oxygen atoms in total. The summed E-state index contributed by atoms with van der Waals surface area (Å²) in [6, 6.07) is 21.9. The molecule has 0 saturated carbocycles. The summed E-state index contributed by atoms with van der Waals surface area (Å²) in [6.07, 6.45) is 3.31. The minimum Gasteiger partial charge on any atom is -0.350 e. The van der Waals surface area contributed by atoms with E-state index in [0.29, 0.717) is 35.0 Å². The Labute approximate surface area is 167 Å². The Morgan fingerprint density at radius 3 is 2.69 bits per heavy atom. The predicted octanol–water partition coefficient (Wildman–Crippen LogP) is 3.51. The fraction of sp³-hybridized carbons (Fsp3) is 0.0455.